The highest BCUT2D eigenvalue weighted by Crippen LogP contribution is 2.72. The Labute approximate surface area is 229 Å². The molecule has 1 unspecified atom stereocenters. The summed E-state index contributed by atoms with van der Waals surface area (Å²) < 4.78 is 6.08. The Bertz CT molecular complexity index is 1110. The Morgan fingerprint density at radius 2 is 1.79 bits per heavy atom. The van der Waals surface area contributed by atoms with Crippen molar-refractivity contribution in [3.8, 4) is 0 Å². The minimum absolute atomic E-state index is 0.133. The normalized spacial score (nSPS) is 38.3. The van der Waals surface area contributed by atoms with Gasteiger partial charge >= 0.3 is 11.9 Å². The number of carbonyl (C=O) groups excluding carboxylic acids is 2. The SMILES string of the molecule is C=C(CC[C@@H](C(=O)O)[C@H]1C[C@H](OC(C)=O)[C@@]2(C)C3=CCC4C(C)(C)C(=O)CC[C@]4(C)C3=CC[C@]12C)C(C)C. The summed E-state index contributed by atoms with van der Waals surface area (Å²) in [7, 11) is 0. The Morgan fingerprint density at radius 1 is 1.13 bits per heavy atom. The molecule has 7 atom stereocenters. The number of aliphatic carboxylic acids is 1. The summed E-state index contributed by atoms with van der Waals surface area (Å²) in [4.78, 5) is 38.0. The zero-order valence-electron chi connectivity index (χ0n) is 24.8. The summed E-state index contributed by atoms with van der Waals surface area (Å²) in [6, 6.07) is 0. The van der Waals surface area contributed by atoms with Crippen molar-refractivity contribution in [3.63, 3.8) is 0 Å². The maximum Gasteiger partial charge on any atom is 0.306 e. The van der Waals surface area contributed by atoms with Crippen LogP contribution in [0.15, 0.2) is 35.5 Å². The first kappa shape index (κ1) is 28.8. The fourth-order valence-corrected chi connectivity index (χ4v) is 8.96. The molecule has 0 aromatic carbocycles. The van der Waals surface area contributed by atoms with E-state index in [1.54, 1.807) is 0 Å². The van der Waals surface area contributed by atoms with Crippen molar-refractivity contribution >= 4 is 17.7 Å². The monoisotopic (exact) mass is 524 g/mol. The van der Waals surface area contributed by atoms with Crippen molar-refractivity contribution < 1.29 is 24.2 Å². The molecule has 0 bridgehead atoms. The van der Waals surface area contributed by atoms with E-state index < -0.39 is 28.8 Å². The van der Waals surface area contributed by atoms with Crippen molar-refractivity contribution in [1.29, 1.82) is 0 Å². The van der Waals surface area contributed by atoms with Crippen LogP contribution in [0.1, 0.15) is 100 Å². The summed E-state index contributed by atoms with van der Waals surface area (Å²) >= 11 is 0. The van der Waals surface area contributed by atoms with Crippen LogP contribution in [0.2, 0.25) is 0 Å². The highest BCUT2D eigenvalue weighted by molar-refractivity contribution is 5.86. The number of allylic oxidation sites excluding steroid dienone is 4. The van der Waals surface area contributed by atoms with E-state index in [1.165, 1.54) is 18.1 Å². The van der Waals surface area contributed by atoms with Gasteiger partial charge in [-0.3, -0.25) is 14.4 Å². The molecule has 38 heavy (non-hydrogen) atoms. The van der Waals surface area contributed by atoms with E-state index in [-0.39, 0.29) is 28.6 Å². The summed E-state index contributed by atoms with van der Waals surface area (Å²) in [6.45, 7) is 20.8. The molecule has 5 heteroatoms. The minimum Gasteiger partial charge on any atom is -0.481 e. The first-order valence-electron chi connectivity index (χ1n) is 14.5. The number of hydrogen-bond acceptors (Lipinski definition) is 4. The van der Waals surface area contributed by atoms with Crippen LogP contribution in [-0.2, 0) is 19.1 Å². The number of carboxylic acids is 1. The maximum absolute atomic E-state index is 12.9. The van der Waals surface area contributed by atoms with Crippen molar-refractivity contribution in [2.75, 3.05) is 0 Å². The van der Waals surface area contributed by atoms with Gasteiger partial charge in [-0.25, -0.2) is 0 Å². The molecule has 5 nitrogen and oxygen atoms in total. The van der Waals surface area contributed by atoms with Crippen molar-refractivity contribution in [2.45, 2.75) is 106 Å². The number of ether oxygens (including phenoxy) is 1. The first-order valence-corrected chi connectivity index (χ1v) is 14.5. The molecule has 0 aliphatic heterocycles. The topological polar surface area (TPSA) is 80.7 Å². The van der Waals surface area contributed by atoms with Gasteiger partial charge in [0.2, 0.25) is 0 Å². The van der Waals surface area contributed by atoms with Gasteiger partial charge in [0.05, 0.1) is 5.92 Å². The van der Waals surface area contributed by atoms with Crippen LogP contribution >= 0.6 is 0 Å². The maximum atomic E-state index is 12.9. The third-order valence-corrected chi connectivity index (χ3v) is 11.8. The highest BCUT2D eigenvalue weighted by Gasteiger charge is 2.68. The third-order valence-electron chi connectivity index (χ3n) is 11.8. The molecule has 0 aromatic heterocycles. The molecule has 2 saturated carbocycles. The molecule has 0 saturated heterocycles. The predicted octanol–water partition coefficient (Wildman–Crippen LogP) is 7.32. The molecular weight excluding hydrogens is 476 g/mol. The molecule has 4 rings (SSSR count). The van der Waals surface area contributed by atoms with Crippen LogP contribution in [0.25, 0.3) is 0 Å². The number of ketones is 1. The quantitative estimate of drug-likeness (QED) is 0.279. The van der Waals surface area contributed by atoms with Crippen LogP contribution in [0, 0.1) is 45.3 Å². The number of esters is 1. The molecule has 0 radical (unpaired) electrons. The van der Waals surface area contributed by atoms with Crippen LogP contribution in [0.3, 0.4) is 0 Å². The van der Waals surface area contributed by atoms with Crippen LogP contribution in [-0.4, -0.2) is 28.9 Å². The largest absolute Gasteiger partial charge is 0.481 e. The fraction of sp³-hybridized carbons (Fsp3) is 0.727. The number of fused-ring (bicyclic) bond motifs is 5. The molecule has 4 aliphatic carbocycles. The zero-order valence-corrected chi connectivity index (χ0v) is 24.8. The molecule has 0 amide bonds. The minimum atomic E-state index is -0.773. The van der Waals surface area contributed by atoms with Gasteiger partial charge < -0.3 is 9.84 Å². The van der Waals surface area contributed by atoms with E-state index in [4.69, 9.17) is 4.74 Å². The predicted molar refractivity (Wildman–Crippen MR) is 149 cm³/mol. The van der Waals surface area contributed by atoms with Crippen molar-refractivity contribution in [3.05, 3.63) is 35.5 Å². The summed E-state index contributed by atoms with van der Waals surface area (Å²) in [6.07, 6.45) is 9.00. The Hall–Kier alpha value is -2.17. The van der Waals surface area contributed by atoms with Crippen LogP contribution < -0.4 is 0 Å². The van der Waals surface area contributed by atoms with Gasteiger partial charge in [-0.1, -0.05) is 72.8 Å². The van der Waals surface area contributed by atoms with E-state index >= 15 is 0 Å². The lowest BCUT2D eigenvalue weighted by Crippen LogP contribution is -2.55. The van der Waals surface area contributed by atoms with Gasteiger partial charge in [-0.05, 0) is 78.3 Å². The molecule has 2 fully saturated rings. The van der Waals surface area contributed by atoms with Gasteiger partial charge in [-0.2, -0.15) is 0 Å². The number of hydrogen-bond donors (Lipinski definition) is 1. The lowest BCUT2D eigenvalue weighted by Gasteiger charge is -2.60. The number of carbonyl (C=O) groups is 3. The van der Waals surface area contributed by atoms with E-state index in [0.717, 1.165) is 24.8 Å². The Morgan fingerprint density at radius 3 is 2.37 bits per heavy atom. The van der Waals surface area contributed by atoms with E-state index in [9.17, 15) is 19.5 Å². The molecule has 4 aliphatic rings. The second-order valence-electron chi connectivity index (χ2n) is 14.1. The molecule has 0 heterocycles. The van der Waals surface area contributed by atoms with Gasteiger partial charge in [0.15, 0.2) is 0 Å². The number of Topliss-reactive ketones (excluding diaryl/α,β-unsaturated/α-hetero) is 1. The second kappa shape index (κ2) is 9.48. The molecule has 210 valence electrons. The fourth-order valence-electron chi connectivity index (χ4n) is 8.96. The first-order chi connectivity index (χ1) is 17.5. The van der Waals surface area contributed by atoms with Crippen molar-refractivity contribution in [2.24, 2.45) is 45.3 Å². The number of carboxylic acid groups (broad SMARTS) is 1. The third kappa shape index (κ3) is 4.05. The zero-order chi connectivity index (χ0) is 28.4. The average Bonchev–Trinajstić information content (AvgIpc) is 3.03. The Balaban J connectivity index is 1.80. The van der Waals surface area contributed by atoms with Crippen molar-refractivity contribution in [1.82, 2.24) is 0 Å². The van der Waals surface area contributed by atoms with Gasteiger partial charge in [0, 0.05) is 24.2 Å². The summed E-state index contributed by atoms with van der Waals surface area (Å²) in [5, 5.41) is 10.5. The lowest BCUT2D eigenvalue weighted by atomic mass is 9.44. The van der Waals surface area contributed by atoms with Crippen LogP contribution in [0.4, 0.5) is 0 Å². The summed E-state index contributed by atoms with van der Waals surface area (Å²) in [5.74, 6) is -0.888. The van der Waals surface area contributed by atoms with E-state index in [2.05, 4.69) is 67.2 Å². The van der Waals surface area contributed by atoms with Gasteiger partial charge in [-0.15, -0.1) is 0 Å². The standard InChI is InChI=1S/C33H48O5/c1-19(2)20(3)10-11-22(29(36)37)25-18-28(38-21(4)34)33(9)24-12-13-26-30(5,6)27(35)15-16-31(26,7)23(24)14-17-32(25,33)8/h12,14,19,22,25-26,28H,3,10-11,13,15-18H2,1-2,4-9H3,(H,36,37)/t22-,25-,26?,28+,31-,32-,33-/m1/s1. The molecule has 0 aromatic rings. The average molecular weight is 525 g/mol. The summed E-state index contributed by atoms with van der Waals surface area (Å²) in [5.41, 5.74) is 2.19. The molecular formula is C33H48O5. The number of rotatable bonds is 7. The lowest BCUT2D eigenvalue weighted by molar-refractivity contribution is -0.153. The van der Waals surface area contributed by atoms with Crippen LogP contribution in [0.5, 0.6) is 0 Å². The van der Waals surface area contributed by atoms with E-state index in [0.29, 0.717) is 37.4 Å². The highest BCUT2D eigenvalue weighted by atomic mass is 16.5. The smallest absolute Gasteiger partial charge is 0.306 e. The molecule has 1 N–H and O–H groups in total. The molecule has 0 spiro atoms. The van der Waals surface area contributed by atoms with Gasteiger partial charge in [0.25, 0.3) is 0 Å². The van der Waals surface area contributed by atoms with Gasteiger partial charge in [0.1, 0.15) is 11.9 Å². The van der Waals surface area contributed by atoms with E-state index in [1.807, 2.05) is 0 Å². The second-order valence-corrected chi connectivity index (χ2v) is 14.1. The Kier molecular flexibility index (Phi) is 7.20.